The van der Waals surface area contributed by atoms with Gasteiger partial charge in [0, 0.05) is 5.56 Å². The minimum atomic E-state index is -0.748. The average Bonchev–Trinajstić information content (AvgIpc) is 2.39. The van der Waals surface area contributed by atoms with Crippen LogP contribution in [-0.2, 0) is 9.53 Å². The first-order valence-corrected chi connectivity index (χ1v) is 6.66. The summed E-state index contributed by atoms with van der Waals surface area (Å²) in [6.45, 7) is 3.59. The molecule has 0 aliphatic heterocycles. The number of carbonyl (C=O) groups excluding carboxylic acids is 2. The quantitative estimate of drug-likeness (QED) is 0.660. The van der Waals surface area contributed by atoms with Crippen LogP contribution in [0.5, 0.6) is 0 Å². The number of hydrogen-bond donors (Lipinski definition) is 2. The third-order valence-corrected chi connectivity index (χ3v) is 3.38. The molecular weight excluding hydrogens is 303 g/mol. The maximum absolute atomic E-state index is 12.1. The van der Waals surface area contributed by atoms with E-state index in [0.29, 0.717) is 0 Å². The first-order chi connectivity index (χ1) is 9.27. The van der Waals surface area contributed by atoms with Gasteiger partial charge < -0.3 is 15.8 Å². The van der Waals surface area contributed by atoms with Crippen molar-refractivity contribution < 1.29 is 14.3 Å². The number of methoxy groups -OCH3 is 1. The van der Waals surface area contributed by atoms with Gasteiger partial charge in [-0.05, 0) is 18.1 Å². The molecule has 0 aliphatic rings. The minimum Gasteiger partial charge on any atom is -0.467 e. The maximum atomic E-state index is 12.1. The van der Waals surface area contributed by atoms with E-state index in [4.69, 9.17) is 28.9 Å². The summed E-state index contributed by atoms with van der Waals surface area (Å²) in [5, 5.41) is 2.95. The Morgan fingerprint density at radius 2 is 1.75 bits per heavy atom. The second kappa shape index (κ2) is 6.81. The van der Waals surface area contributed by atoms with E-state index >= 15 is 0 Å². The van der Waals surface area contributed by atoms with E-state index in [1.165, 1.54) is 19.2 Å². The van der Waals surface area contributed by atoms with Crippen LogP contribution < -0.4 is 11.1 Å². The van der Waals surface area contributed by atoms with Gasteiger partial charge in [0.25, 0.3) is 5.91 Å². The summed E-state index contributed by atoms with van der Waals surface area (Å²) in [6.07, 6.45) is 0. The first-order valence-electron chi connectivity index (χ1n) is 5.91. The number of nitrogen functional groups attached to an aromatic ring is 1. The van der Waals surface area contributed by atoms with Gasteiger partial charge in [-0.2, -0.15) is 0 Å². The average molecular weight is 319 g/mol. The van der Waals surface area contributed by atoms with E-state index in [-0.39, 0.29) is 27.2 Å². The fraction of sp³-hybridized carbons (Fsp3) is 0.385. The molecule has 0 unspecified atom stereocenters. The van der Waals surface area contributed by atoms with Crippen molar-refractivity contribution in [1.82, 2.24) is 5.32 Å². The molecule has 0 aromatic heterocycles. The van der Waals surface area contributed by atoms with Gasteiger partial charge in [0.15, 0.2) is 0 Å². The van der Waals surface area contributed by atoms with Crippen molar-refractivity contribution in [2.24, 2.45) is 5.92 Å². The number of esters is 1. The van der Waals surface area contributed by atoms with E-state index in [1.807, 2.05) is 0 Å². The Kier molecular flexibility index (Phi) is 5.65. The molecule has 3 N–H and O–H groups in total. The summed E-state index contributed by atoms with van der Waals surface area (Å²) in [6, 6.07) is 2.04. The Morgan fingerprint density at radius 1 is 1.25 bits per heavy atom. The highest BCUT2D eigenvalue weighted by molar-refractivity contribution is 6.39. The number of anilines is 1. The first kappa shape index (κ1) is 16.6. The Balaban J connectivity index is 2.98. The normalized spacial score (nSPS) is 12.1. The lowest BCUT2D eigenvalue weighted by molar-refractivity contribution is -0.144. The number of rotatable bonds is 4. The summed E-state index contributed by atoms with van der Waals surface area (Å²) in [4.78, 5) is 23.7. The number of hydrogen-bond acceptors (Lipinski definition) is 4. The maximum Gasteiger partial charge on any atom is 0.328 e. The SMILES string of the molecule is COC(=O)[C@@H](NC(=O)c1cc(Cl)c(N)c(Cl)c1)C(C)C. The Hall–Kier alpha value is -1.46. The zero-order valence-electron chi connectivity index (χ0n) is 11.4. The zero-order valence-corrected chi connectivity index (χ0v) is 12.9. The third kappa shape index (κ3) is 3.77. The summed E-state index contributed by atoms with van der Waals surface area (Å²) < 4.78 is 4.65. The van der Waals surface area contributed by atoms with Crippen LogP contribution in [0.15, 0.2) is 12.1 Å². The summed E-state index contributed by atoms with van der Waals surface area (Å²) in [7, 11) is 1.26. The molecule has 0 radical (unpaired) electrons. The van der Waals surface area contributed by atoms with Crippen LogP contribution in [-0.4, -0.2) is 25.0 Å². The second-order valence-electron chi connectivity index (χ2n) is 4.57. The molecule has 110 valence electrons. The van der Waals surface area contributed by atoms with Crippen molar-refractivity contribution in [3.63, 3.8) is 0 Å². The highest BCUT2D eigenvalue weighted by Gasteiger charge is 2.25. The van der Waals surface area contributed by atoms with Crippen molar-refractivity contribution >= 4 is 40.8 Å². The van der Waals surface area contributed by atoms with Gasteiger partial charge in [0.05, 0.1) is 22.8 Å². The topological polar surface area (TPSA) is 81.4 Å². The summed E-state index contributed by atoms with van der Waals surface area (Å²) >= 11 is 11.7. The van der Waals surface area contributed by atoms with Gasteiger partial charge in [-0.1, -0.05) is 37.0 Å². The third-order valence-electron chi connectivity index (χ3n) is 2.75. The van der Waals surface area contributed by atoms with Crippen LogP contribution in [0.4, 0.5) is 5.69 Å². The fourth-order valence-electron chi connectivity index (χ4n) is 1.56. The minimum absolute atomic E-state index is 0.119. The largest absolute Gasteiger partial charge is 0.467 e. The molecule has 1 aromatic carbocycles. The number of benzene rings is 1. The van der Waals surface area contributed by atoms with Crippen molar-refractivity contribution in [3.8, 4) is 0 Å². The number of halogens is 2. The molecule has 0 heterocycles. The molecule has 0 saturated heterocycles. The molecule has 5 nitrogen and oxygen atoms in total. The van der Waals surface area contributed by atoms with Crippen molar-refractivity contribution in [3.05, 3.63) is 27.7 Å². The standard InChI is InChI=1S/C13H16Cl2N2O3/c1-6(2)11(13(19)20-3)17-12(18)7-4-8(14)10(16)9(15)5-7/h4-6,11H,16H2,1-3H3,(H,17,18)/t11-/m0/s1. The molecule has 1 rings (SSSR count). The van der Waals surface area contributed by atoms with Crippen LogP contribution in [0.3, 0.4) is 0 Å². The van der Waals surface area contributed by atoms with E-state index in [9.17, 15) is 9.59 Å². The van der Waals surface area contributed by atoms with Crippen LogP contribution in [0.1, 0.15) is 24.2 Å². The van der Waals surface area contributed by atoms with Gasteiger partial charge in [-0.15, -0.1) is 0 Å². The Labute approximate surface area is 127 Å². The predicted molar refractivity (Wildman–Crippen MR) is 79.0 cm³/mol. The molecule has 0 saturated carbocycles. The molecular formula is C13H16Cl2N2O3. The van der Waals surface area contributed by atoms with Gasteiger partial charge >= 0.3 is 5.97 Å². The molecule has 0 spiro atoms. The highest BCUT2D eigenvalue weighted by atomic mass is 35.5. The predicted octanol–water partition coefficient (Wildman–Crippen LogP) is 2.50. The lowest BCUT2D eigenvalue weighted by Gasteiger charge is -2.20. The number of nitrogens with two attached hydrogens (primary N) is 1. The van der Waals surface area contributed by atoms with Crippen LogP contribution in [0.25, 0.3) is 0 Å². The summed E-state index contributed by atoms with van der Waals surface area (Å²) in [5.74, 6) is -1.11. The van der Waals surface area contributed by atoms with Gasteiger partial charge in [0.2, 0.25) is 0 Å². The van der Waals surface area contributed by atoms with Crippen molar-refractivity contribution in [2.45, 2.75) is 19.9 Å². The number of nitrogens with one attached hydrogen (secondary N) is 1. The van der Waals surface area contributed by atoms with E-state index in [1.54, 1.807) is 13.8 Å². The van der Waals surface area contributed by atoms with Crippen LogP contribution in [0, 0.1) is 5.92 Å². The van der Waals surface area contributed by atoms with Crippen LogP contribution in [0.2, 0.25) is 10.0 Å². The molecule has 1 amide bonds. The molecule has 0 fully saturated rings. The molecule has 1 atom stereocenters. The summed E-state index contributed by atoms with van der Waals surface area (Å²) in [5.41, 5.74) is 6.03. The monoisotopic (exact) mass is 318 g/mol. The van der Waals surface area contributed by atoms with Crippen molar-refractivity contribution in [1.29, 1.82) is 0 Å². The number of amides is 1. The number of ether oxygens (including phenoxy) is 1. The molecule has 0 bridgehead atoms. The second-order valence-corrected chi connectivity index (χ2v) is 5.39. The van der Waals surface area contributed by atoms with E-state index in [2.05, 4.69) is 10.1 Å². The molecule has 0 aliphatic carbocycles. The van der Waals surface area contributed by atoms with Gasteiger partial charge in [-0.3, -0.25) is 4.79 Å². The molecule has 1 aromatic rings. The van der Waals surface area contributed by atoms with Gasteiger partial charge in [0.1, 0.15) is 6.04 Å². The van der Waals surface area contributed by atoms with Crippen molar-refractivity contribution in [2.75, 3.05) is 12.8 Å². The molecule has 20 heavy (non-hydrogen) atoms. The van der Waals surface area contributed by atoms with Crippen LogP contribution >= 0.6 is 23.2 Å². The lowest BCUT2D eigenvalue weighted by Crippen LogP contribution is -2.45. The Bertz CT molecular complexity index is 509. The van der Waals surface area contributed by atoms with E-state index < -0.39 is 17.9 Å². The Morgan fingerprint density at radius 3 is 2.15 bits per heavy atom. The fourth-order valence-corrected chi connectivity index (χ4v) is 2.05. The lowest BCUT2D eigenvalue weighted by atomic mass is 10.0. The number of carbonyl (C=O) groups is 2. The van der Waals surface area contributed by atoms with E-state index in [0.717, 1.165) is 0 Å². The van der Waals surface area contributed by atoms with Gasteiger partial charge in [-0.25, -0.2) is 4.79 Å². The highest BCUT2D eigenvalue weighted by Crippen LogP contribution is 2.28. The smallest absolute Gasteiger partial charge is 0.328 e. The zero-order chi connectivity index (χ0) is 15.4. The molecule has 7 heteroatoms.